The topological polar surface area (TPSA) is 83.1 Å². The summed E-state index contributed by atoms with van der Waals surface area (Å²) in [5.74, 6) is 4.79. The Morgan fingerprint density at radius 1 is 0.223 bits per heavy atom. The Hall–Kier alpha value is -4.71. The van der Waals surface area contributed by atoms with Crippen molar-refractivity contribution in [1.82, 2.24) is 0 Å². The van der Waals surface area contributed by atoms with Gasteiger partial charge in [0.05, 0.1) is 19.8 Å². The standard InChI is InChI=1S/C127H211O9P3/c1-20-26-32-38-44-47-50-53-56-59-62-65-71-77-95-128-137(131-112-89-83-109(84-90-112)80-74-68-41-35-29-23-4)134-122-99-106(8)115(102-119(122)125(11,12)13)105(7)98-118(116-103-120(126(14,15)16)123(100-107(116)9)135-138(132-113-91-85-110(86-92-113)81-75-69-42-36-30-24-5)129-96-78-72-66-63-60-57-54-51-48-45-39-33-27-21-2)117-104-121(127(17,18)19)124(101-108(117)10)136-139(133-114-93-87-111(88-94-114)82-76-70-43-37-31-25-6)130-97-79-73-67-64-61-58-55-52-49-46-40-34-28-22-3/h83-94,99-105,118H,20-82,95-98H2,1-19H3. The van der Waals surface area contributed by atoms with Gasteiger partial charge in [-0.1, -0.05) is 512 Å². The van der Waals surface area contributed by atoms with Gasteiger partial charge < -0.3 is 27.1 Å². The smallest absolute Gasteiger partial charge is 0.418 e. The lowest BCUT2D eigenvalue weighted by atomic mass is 9.74. The van der Waals surface area contributed by atoms with Crippen LogP contribution in [0.2, 0.25) is 0 Å². The number of rotatable bonds is 86. The van der Waals surface area contributed by atoms with E-state index in [2.05, 4.69) is 241 Å². The fourth-order valence-electron chi connectivity index (χ4n) is 19.8. The second-order valence-electron chi connectivity index (χ2n) is 45.0. The molecule has 139 heavy (non-hydrogen) atoms. The monoisotopic (exact) mass is 1970 g/mol. The average molecular weight is 1970 g/mol. The van der Waals surface area contributed by atoms with E-state index in [0.717, 1.165) is 127 Å². The zero-order valence-electron chi connectivity index (χ0n) is 93.4. The van der Waals surface area contributed by atoms with Gasteiger partial charge in [-0.05, 0) is 212 Å². The van der Waals surface area contributed by atoms with Gasteiger partial charge in [0.25, 0.3) is 0 Å². The van der Waals surface area contributed by atoms with Gasteiger partial charge in [-0.2, -0.15) is 0 Å². The molecule has 0 saturated carbocycles. The van der Waals surface area contributed by atoms with Crippen molar-refractivity contribution >= 4 is 25.8 Å². The van der Waals surface area contributed by atoms with Crippen molar-refractivity contribution in [3.05, 3.63) is 176 Å². The molecule has 0 saturated heterocycles. The van der Waals surface area contributed by atoms with Crippen LogP contribution in [0.1, 0.15) is 581 Å². The van der Waals surface area contributed by atoms with Crippen LogP contribution in [-0.4, -0.2) is 19.8 Å². The highest BCUT2D eigenvalue weighted by atomic mass is 31.2. The number of hydrogen-bond acceptors (Lipinski definition) is 9. The minimum absolute atomic E-state index is 0.0783. The SMILES string of the molecule is CCCCCCCCCCCCCCCCOP(Oc1ccc(CCCCCCCC)cc1)Oc1cc(C)c(C(C)CC(c2cc(C(C)(C)C)c(OP(OCCCCCCCCCCCCCCCC)Oc3ccc(CCCCCCCC)cc3)cc2C)c2cc(C(C)(C)C)c(OP(OCCCCCCCCCCCCCCCC)Oc3ccc(CCCCCCCC)cc3)cc2C)cc1C(C)(C)C. The molecule has 0 aliphatic heterocycles. The van der Waals surface area contributed by atoms with E-state index >= 15 is 0 Å². The Morgan fingerprint density at radius 2 is 0.410 bits per heavy atom. The number of aryl methyl sites for hydroxylation is 6. The van der Waals surface area contributed by atoms with Crippen molar-refractivity contribution in [3.8, 4) is 34.5 Å². The molecule has 4 atom stereocenters. The predicted molar refractivity (Wildman–Crippen MR) is 608 cm³/mol. The minimum Gasteiger partial charge on any atom is -0.418 e. The number of unbranched alkanes of at least 4 members (excludes halogenated alkanes) is 54. The fraction of sp³-hybridized carbons (Fsp3) is 0.717. The molecule has 0 amide bonds. The summed E-state index contributed by atoms with van der Waals surface area (Å²) >= 11 is 0. The van der Waals surface area contributed by atoms with E-state index in [1.54, 1.807) is 0 Å². The van der Waals surface area contributed by atoms with Gasteiger partial charge in [-0.15, -0.1) is 0 Å². The third-order valence-corrected chi connectivity index (χ3v) is 32.1. The molecule has 0 spiro atoms. The second kappa shape index (κ2) is 75.1. The number of hydrogen-bond donors (Lipinski definition) is 0. The first-order valence-corrected chi connectivity index (χ1v) is 61.8. The third-order valence-electron chi connectivity index (χ3n) is 28.8. The fourth-order valence-corrected chi connectivity index (χ4v) is 22.8. The molecule has 6 aromatic carbocycles. The summed E-state index contributed by atoms with van der Waals surface area (Å²) in [5.41, 5.74) is 13.8. The quantitative estimate of drug-likeness (QED) is 0.0274. The summed E-state index contributed by atoms with van der Waals surface area (Å²) in [6.45, 7) is 46.0. The first kappa shape index (κ1) is 123. The summed E-state index contributed by atoms with van der Waals surface area (Å²) in [4.78, 5) is 0. The highest BCUT2D eigenvalue weighted by molar-refractivity contribution is 7.43. The van der Waals surface area contributed by atoms with Gasteiger partial charge in [-0.25, -0.2) is 0 Å². The zero-order chi connectivity index (χ0) is 100. The summed E-state index contributed by atoms with van der Waals surface area (Å²) < 4.78 is 63.8. The highest BCUT2D eigenvalue weighted by Crippen LogP contribution is 2.53. The zero-order valence-corrected chi connectivity index (χ0v) is 96.1. The lowest BCUT2D eigenvalue weighted by molar-refractivity contribution is 0.256. The van der Waals surface area contributed by atoms with Gasteiger partial charge in [0.15, 0.2) is 0 Å². The van der Waals surface area contributed by atoms with Crippen molar-refractivity contribution in [3.63, 3.8) is 0 Å². The normalized spacial score (nSPS) is 13.1. The summed E-state index contributed by atoms with van der Waals surface area (Å²) in [5, 5.41) is 0. The molecule has 6 aromatic rings. The molecule has 0 radical (unpaired) electrons. The van der Waals surface area contributed by atoms with Crippen LogP contribution in [0.5, 0.6) is 34.5 Å². The first-order valence-electron chi connectivity index (χ1n) is 58.5. The van der Waals surface area contributed by atoms with E-state index in [4.69, 9.17) is 40.7 Å². The molecule has 6 rings (SSSR count). The Labute approximate surface area is 861 Å². The average Bonchev–Trinajstić information content (AvgIpc) is 0.759. The molecule has 788 valence electrons. The van der Waals surface area contributed by atoms with Gasteiger partial charge >= 0.3 is 25.8 Å². The van der Waals surface area contributed by atoms with E-state index in [9.17, 15) is 0 Å². The molecule has 9 nitrogen and oxygen atoms in total. The van der Waals surface area contributed by atoms with Crippen molar-refractivity contribution in [2.24, 2.45) is 0 Å². The minimum atomic E-state index is -1.86. The maximum Gasteiger partial charge on any atom is 0.463 e. The van der Waals surface area contributed by atoms with Crippen LogP contribution in [-0.2, 0) is 49.1 Å². The first-order chi connectivity index (χ1) is 67.4. The van der Waals surface area contributed by atoms with Crippen molar-refractivity contribution in [2.75, 3.05) is 19.8 Å². The molecule has 0 bridgehead atoms. The van der Waals surface area contributed by atoms with Crippen LogP contribution < -0.4 is 27.1 Å². The maximum absolute atomic E-state index is 7.39. The van der Waals surface area contributed by atoms with Crippen LogP contribution in [0, 0.1) is 20.8 Å². The molecule has 0 fully saturated rings. The van der Waals surface area contributed by atoms with E-state index in [-0.39, 0.29) is 28.1 Å². The maximum atomic E-state index is 7.39. The Bertz CT molecular complexity index is 3840. The van der Waals surface area contributed by atoms with E-state index in [1.165, 1.54) is 386 Å². The lowest BCUT2D eigenvalue weighted by Crippen LogP contribution is -2.19. The molecule has 0 aliphatic carbocycles. The van der Waals surface area contributed by atoms with Crippen LogP contribution in [0.4, 0.5) is 0 Å². The Morgan fingerprint density at radius 3 is 0.619 bits per heavy atom. The van der Waals surface area contributed by atoms with E-state index in [0.29, 0.717) is 19.8 Å². The van der Waals surface area contributed by atoms with E-state index < -0.39 is 25.8 Å². The molecule has 0 aromatic heterocycles. The van der Waals surface area contributed by atoms with Crippen LogP contribution in [0.3, 0.4) is 0 Å². The van der Waals surface area contributed by atoms with Gasteiger partial charge in [-0.3, -0.25) is 13.6 Å². The van der Waals surface area contributed by atoms with Crippen molar-refractivity contribution in [2.45, 2.75) is 571 Å². The van der Waals surface area contributed by atoms with Crippen LogP contribution in [0.15, 0.2) is 109 Å². The van der Waals surface area contributed by atoms with Crippen LogP contribution in [0.25, 0.3) is 0 Å². The third kappa shape index (κ3) is 54.0. The molecule has 0 N–H and O–H groups in total. The molecule has 4 unspecified atom stereocenters. The Balaban J connectivity index is 1.41. The second-order valence-corrected chi connectivity index (χ2v) is 48.3. The van der Waals surface area contributed by atoms with Gasteiger partial charge in [0, 0.05) is 22.6 Å². The van der Waals surface area contributed by atoms with Gasteiger partial charge in [0.1, 0.15) is 34.5 Å². The molecule has 12 heteroatoms. The molecular formula is C127H211O9P3. The Kier molecular flexibility index (Phi) is 66.4. The predicted octanol–water partition coefficient (Wildman–Crippen LogP) is 44.1. The van der Waals surface area contributed by atoms with Crippen LogP contribution >= 0.6 is 25.8 Å². The lowest BCUT2D eigenvalue weighted by Gasteiger charge is -2.33. The largest absolute Gasteiger partial charge is 0.463 e. The summed E-state index contributed by atoms with van der Waals surface area (Å²) in [7, 11) is -5.53. The summed E-state index contributed by atoms with van der Waals surface area (Å²) in [6, 6.07) is 40.8. The van der Waals surface area contributed by atoms with E-state index in [1.807, 2.05) is 0 Å². The van der Waals surface area contributed by atoms with Crippen molar-refractivity contribution < 1.29 is 40.7 Å². The molecule has 0 heterocycles. The van der Waals surface area contributed by atoms with Crippen molar-refractivity contribution in [1.29, 1.82) is 0 Å². The molecule has 0 aliphatic rings. The molecular weight excluding hydrogens is 1760 g/mol. The van der Waals surface area contributed by atoms with Gasteiger partial charge in [0.2, 0.25) is 0 Å². The number of benzene rings is 6. The summed E-state index contributed by atoms with van der Waals surface area (Å²) in [6.07, 6.45) is 82.0. The highest BCUT2D eigenvalue weighted by Gasteiger charge is 2.35.